The van der Waals surface area contributed by atoms with E-state index in [0.29, 0.717) is 30.1 Å². The number of hydrogen-bond donors (Lipinski definition) is 0. The zero-order valence-electron chi connectivity index (χ0n) is 18.6. The summed E-state index contributed by atoms with van der Waals surface area (Å²) in [4.78, 5) is 30.4. The molecule has 5 nitrogen and oxygen atoms in total. The molecule has 168 valence electrons. The van der Waals surface area contributed by atoms with Gasteiger partial charge < -0.3 is 9.64 Å². The molecule has 0 unspecified atom stereocenters. The quantitative estimate of drug-likeness (QED) is 0.475. The molecule has 0 fully saturated rings. The van der Waals surface area contributed by atoms with Crippen LogP contribution in [0.15, 0.2) is 84.6 Å². The number of imide groups is 1. The summed E-state index contributed by atoms with van der Waals surface area (Å²) in [5, 5.41) is 0. The fourth-order valence-corrected chi connectivity index (χ4v) is 4.03. The Morgan fingerprint density at radius 3 is 2.21 bits per heavy atom. The molecular weight excluding hydrogens is 419 g/mol. The first kappa shape index (κ1) is 22.3. The Labute approximate surface area is 192 Å². The molecule has 0 spiro atoms. The zero-order chi connectivity index (χ0) is 23.4. The third-order valence-corrected chi connectivity index (χ3v) is 5.71. The molecule has 6 heteroatoms. The molecule has 3 aromatic carbocycles. The van der Waals surface area contributed by atoms with Crippen LogP contribution in [0.25, 0.3) is 5.57 Å². The smallest absolute Gasteiger partial charge is 0.278 e. The van der Waals surface area contributed by atoms with E-state index in [2.05, 4.69) is 0 Å². The molecular formula is C27H25FN2O3. The molecule has 1 aliphatic heterocycles. The fourth-order valence-electron chi connectivity index (χ4n) is 4.03. The van der Waals surface area contributed by atoms with E-state index in [-0.39, 0.29) is 18.0 Å². The number of methoxy groups -OCH3 is 1. The molecule has 0 radical (unpaired) electrons. The average molecular weight is 445 g/mol. The molecule has 4 rings (SSSR count). The van der Waals surface area contributed by atoms with E-state index in [4.69, 9.17) is 4.74 Å². The minimum atomic E-state index is -0.404. The van der Waals surface area contributed by atoms with Crippen LogP contribution < -0.4 is 4.74 Å². The molecule has 0 N–H and O–H groups in total. The third kappa shape index (κ3) is 4.51. The van der Waals surface area contributed by atoms with Crippen molar-refractivity contribution < 1.29 is 18.7 Å². The van der Waals surface area contributed by atoms with Crippen LogP contribution in [0.2, 0.25) is 0 Å². The summed E-state index contributed by atoms with van der Waals surface area (Å²) in [6.45, 7) is 3.02. The van der Waals surface area contributed by atoms with E-state index >= 15 is 0 Å². The second-order valence-corrected chi connectivity index (χ2v) is 7.74. The largest absolute Gasteiger partial charge is 0.496 e. The van der Waals surface area contributed by atoms with Crippen molar-refractivity contribution in [2.45, 2.75) is 20.0 Å². The first-order valence-electron chi connectivity index (χ1n) is 10.8. The summed E-state index contributed by atoms with van der Waals surface area (Å²) in [7, 11) is 1.55. The average Bonchev–Trinajstić information content (AvgIpc) is 3.09. The monoisotopic (exact) mass is 444 g/mol. The van der Waals surface area contributed by atoms with Gasteiger partial charge in [0, 0.05) is 18.7 Å². The number of benzene rings is 3. The topological polar surface area (TPSA) is 49.9 Å². The first-order valence-corrected chi connectivity index (χ1v) is 10.8. The van der Waals surface area contributed by atoms with Gasteiger partial charge >= 0.3 is 0 Å². The summed E-state index contributed by atoms with van der Waals surface area (Å²) in [6.07, 6.45) is 0. The second-order valence-electron chi connectivity index (χ2n) is 7.74. The summed E-state index contributed by atoms with van der Waals surface area (Å²) < 4.78 is 19.0. The van der Waals surface area contributed by atoms with Crippen LogP contribution in [0, 0.1) is 5.82 Å². The van der Waals surface area contributed by atoms with Gasteiger partial charge in [-0.15, -0.1) is 0 Å². The lowest BCUT2D eigenvalue weighted by atomic mass is 10.0. The van der Waals surface area contributed by atoms with Crippen LogP contribution in [0.4, 0.5) is 4.39 Å². The van der Waals surface area contributed by atoms with Crippen molar-refractivity contribution in [1.82, 2.24) is 9.80 Å². The van der Waals surface area contributed by atoms with E-state index < -0.39 is 11.7 Å². The molecule has 0 bridgehead atoms. The fraction of sp³-hybridized carbons (Fsp3) is 0.185. The maximum atomic E-state index is 13.7. The molecule has 0 atom stereocenters. The van der Waals surface area contributed by atoms with E-state index in [1.807, 2.05) is 60.4 Å². The summed E-state index contributed by atoms with van der Waals surface area (Å²) in [5.74, 6) is -0.575. The minimum absolute atomic E-state index is 0.0821. The van der Waals surface area contributed by atoms with Crippen molar-refractivity contribution in [1.29, 1.82) is 0 Å². The number of halogens is 1. The van der Waals surface area contributed by atoms with Crippen LogP contribution in [0.5, 0.6) is 5.75 Å². The first-order chi connectivity index (χ1) is 16.0. The molecule has 1 aliphatic rings. The Bertz CT molecular complexity index is 1190. The lowest BCUT2D eigenvalue weighted by molar-refractivity contribution is -0.138. The number of amides is 2. The Morgan fingerprint density at radius 2 is 1.55 bits per heavy atom. The minimum Gasteiger partial charge on any atom is -0.496 e. The van der Waals surface area contributed by atoms with Gasteiger partial charge in [0.05, 0.1) is 19.2 Å². The summed E-state index contributed by atoms with van der Waals surface area (Å²) >= 11 is 0. The van der Waals surface area contributed by atoms with Crippen molar-refractivity contribution >= 4 is 17.4 Å². The number of carbonyl (C=O) groups excluding carboxylic acids is 2. The molecule has 33 heavy (non-hydrogen) atoms. The van der Waals surface area contributed by atoms with Crippen LogP contribution >= 0.6 is 0 Å². The summed E-state index contributed by atoms with van der Waals surface area (Å²) in [5.41, 5.74) is 2.88. The SMILES string of the molecule is CCN(Cc1ccccc1)C1=C(c2ccc(F)cc2)C(=O)N(Cc2ccccc2OC)C1=O. The van der Waals surface area contributed by atoms with Gasteiger partial charge in [-0.3, -0.25) is 14.5 Å². The molecule has 1 heterocycles. The molecule has 0 aromatic heterocycles. The predicted octanol–water partition coefficient (Wildman–Crippen LogP) is 4.64. The standard InChI is InChI=1S/C27H25FN2O3/c1-3-29(17-19-9-5-4-6-10-19)25-24(20-13-15-22(28)16-14-20)26(31)30(27(25)32)18-21-11-7-8-12-23(21)33-2/h4-16H,3,17-18H2,1-2H3. The van der Waals surface area contributed by atoms with Gasteiger partial charge in [-0.2, -0.15) is 0 Å². The molecule has 0 aliphatic carbocycles. The van der Waals surface area contributed by atoms with Crippen LogP contribution in [-0.4, -0.2) is 35.3 Å². The highest BCUT2D eigenvalue weighted by molar-refractivity contribution is 6.35. The molecule has 3 aromatic rings. The number of likely N-dealkylation sites (N-methyl/N-ethyl adjacent to an activating group) is 1. The lowest BCUT2D eigenvalue weighted by Gasteiger charge is -2.25. The lowest BCUT2D eigenvalue weighted by Crippen LogP contribution is -2.34. The van der Waals surface area contributed by atoms with Crippen LogP contribution in [0.1, 0.15) is 23.6 Å². The van der Waals surface area contributed by atoms with Gasteiger partial charge in [0.1, 0.15) is 17.3 Å². The van der Waals surface area contributed by atoms with Gasteiger partial charge in [-0.1, -0.05) is 60.7 Å². The van der Waals surface area contributed by atoms with E-state index in [0.717, 1.165) is 11.1 Å². The van der Waals surface area contributed by atoms with Gasteiger partial charge in [0.15, 0.2) is 0 Å². The van der Waals surface area contributed by atoms with Gasteiger partial charge in [-0.05, 0) is 36.2 Å². The number of rotatable bonds is 8. The predicted molar refractivity (Wildman–Crippen MR) is 124 cm³/mol. The number of ether oxygens (including phenoxy) is 1. The van der Waals surface area contributed by atoms with Crippen molar-refractivity contribution in [2.24, 2.45) is 0 Å². The van der Waals surface area contributed by atoms with Crippen molar-refractivity contribution in [3.8, 4) is 5.75 Å². The Kier molecular flexibility index (Phi) is 6.54. The Balaban J connectivity index is 1.76. The normalized spacial score (nSPS) is 13.6. The van der Waals surface area contributed by atoms with Gasteiger partial charge in [0.2, 0.25) is 0 Å². The van der Waals surface area contributed by atoms with Gasteiger partial charge in [-0.25, -0.2) is 4.39 Å². The number of nitrogens with zero attached hydrogens (tertiary/aromatic N) is 2. The summed E-state index contributed by atoms with van der Waals surface area (Å²) in [6, 6.07) is 22.8. The molecule has 0 saturated heterocycles. The third-order valence-electron chi connectivity index (χ3n) is 5.71. The molecule has 0 saturated carbocycles. The van der Waals surface area contributed by atoms with E-state index in [1.54, 1.807) is 25.3 Å². The Hall–Kier alpha value is -3.93. The highest BCUT2D eigenvalue weighted by atomic mass is 19.1. The number of carbonyl (C=O) groups is 2. The van der Waals surface area contributed by atoms with Crippen molar-refractivity contribution in [3.63, 3.8) is 0 Å². The van der Waals surface area contributed by atoms with Gasteiger partial charge in [0.25, 0.3) is 11.8 Å². The van der Waals surface area contributed by atoms with Crippen molar-refractivity contribution in [2.75, 3.05) is 13.7 Å². The maximum Gasteiger partial charge on any atom is 0.278 e. The second kappa shape index (κ2) is 9.69. The highest BCUT2D eigenvalue weighted by Crippen LogP contribution is 2.34. The van der Waals surface area contributed by atoms with E-state index in [9.17, 15) is 14.0 Å². The number of para-hydroxylation sites is 1. The van der Waals surface area contributed by atoms with E-state index in [1.165, 1.54) is 17.0 Å². The Morgan fingerprint density at radius 1 is 0.879 bits per heavy atom. The zero-order valence-corrected chi connectivity index (χ0v) is 18.6. The highest BCUT2D eigenvalue weighted by Gasteiger charge is 2.41. The molecule has 2 amide bonds. The number of hydrogen-bond acceptors (Lipinski definition) is 4. The van der Waals surface area contributed by atoms with Crippen LogP contribution in [-0.2, 0) is 22.7 Å². The van der Waals surface area contributed by atoms with Crippen molar-refractivity contribution in [3.05, 3.63) is 107 Å². The van der Waals surface area contributed by atoms with Crippen LogP contribution in [0.3, 0.4) is 0 Å². The maximum absolute atomic E-state index is 13.7.